The van der Waals surface area contributed by atoms with Crippen LogP contribution in [0.15, 0.2) is 18.5 Å². The number of halogens is 1. The fourth-order valence-corrected chi connectivity index (χ4v) is 1.13. The van der Waals surface area contributed by atoms with Gasteiger partial charge in [0.1, 0.15) is 0 Å². The molecule has 0 spiro atoms. The summed E-state index contributed by atoms with van der Waals surface area (Å²) >= 11 is 5.83. The Morgan fingerprint density at radius 2 is 2.36 bits per heavy atom. The van der Waals surface area contributed by atoms with Crippen LogP contribution in [0.4, 0.5) is 0 Å². The van der Waals surface area contributed by atoms with E-state index < -0.39 is 0 Å². The lowest BCUT2D eigenvalue weighted by Crippen LogP contribution is -2.27. The molecule has 0 radical (unpaired) electrons. The van der Waals surface area contributed by atoms with Gasteiger partial charge in [-0.25, -0.2) is 0 Å². The predicted molar refractivity (Wildman–Crippen MR) is 56.4 cm³/mol. The van der Waals surface area contributed by atoms with Gasteiger partial charge in [0.05, 0.1) is 10.6 Å². The molecule has 4 heteroatoms. The summed E-state index contributed by atoms with van der Waals surface area (Å²) in [5.41, 5.74) is 0.426. The number of carbonyl (C=O) groups excluding carboxylic acids is 1. The highest BCUT2D eigenvalue weighted by atomic mass is 35.5. The van der Waals surface area contributed by atoms with E-state index in [0.717, 1.165) is 0 Å². The van der Waals surface area contributed by atoms with Gasteiger partial charge in [-0.1, -0.05) is 25.4 Å². The van der Waals surface area contributed by atoms with Crippen LogP contribution in [0.25, 0.3) is 0 Å². The first-order valence-corrected chi connectivity index (χ1v) is 4.86. The molecule has 1 rings (SSSR count). The second-order valence-electron chi connectivity index (χ2n) is 3.46. The van der Waals surface area contributed by atoms with Gasteiger partial charge in [-0.15, -0.1) is 0 Å². The number of pyridine rings is 1. The van der Waals surface area contributed by atoms with E-state index in [0.29, 0.717) is 23.0 Å². The number of hydrogen-bond donors (Lipinski definition) is 1. The molecule has 14 heavy (non-hydrogen) atoms. The van der Waals surface area contributed by atoms with Crippen molar-refractivity contribution in [2.24, 2.45) is 5.92 Å². The van der Waals surface area contributed by atoms with E-state index in [1.807, 2.05) is 13.8 Å². The highest BCUT2D eigenvalue weighted by Gasteiger charge is 2.09. The van der Waals surface area contributed by atoms with Crippen LogP contribution in [0.2, 0.25) is 5.02 Å². The first kappa shape index (κ1) is 11.0. The Labute approximate surface area is 88.5 Å². The van der Waals surface area contributed by atoms with Gasteiger partial charge < -0.3 is 5.32 Å². The van der Waals surface area contributed by atoms with Crippen molar-refractivity contribution in [3.05, 3.63) is 29.0 Å². The fourth-order valence-electron chi connectivity index (χ4n) is 0.937. The molecule has 0 fully saturated rings. The maximum Gasteiger partial charge on any atom is 0.254 e. The Morgan fingerprint density at radius 1 is 1.64 bits per heavy atom. The van der Waals surface area contributed by atoms with Crippen molar-refractivity contribution in [2.75, 3.05) is 6.54 Å². The molecule has 1 aromatic heterocycles. The van der Waals surface area contributed by atoms with E-state index in [-0.39, 0.29) is 5.91 Å². The minimum Gasteiger partial charge on any atom is -0.352 e. The summed E-state index contributed by atoms with van der Waals surface area (Å²) < 4.78 is 0. The number of carbonyl (C=O) groups is 1. The molecule has 0 unspecified atom stereocenters. The summed E-state index contributed by atoms with van der Waals surface area (Å²) in [6.07, 6.45) is 3.03. The van der Waals surface area contributed by atoms with Crippen LogP contribution in [0, 0.1) is 5.92 Å². The lowest BCUT2D eigenvalue weighted by Gasteiger charge is -2.07. The van der Waals surface area contributed by atoms with Gasteiger partial charge in [0.25, 0.3) is 5.91 Å². The van der Waals surface area contributed by atoms with Crippen LogP contribution in [0.5, 0.6) is 0 Å². The van der Waals surface area contributed by atoms with Crippen LogP contribution >= 0.6 is 11.6 Å². The second kappa shape index (κ2) is 4.96. The SMILES string of the molecule is CC(C)CNC(=O)c1cnccc1Cl. The Balaban J connectivity index is 2.65. The molecule has 1 amide bonds. The Morgan fingerprint density at radius 3 is 2.93 bits per heavy atom. The molecule has 0 atom stereocenters. The molecule has 76 valence electrons. The third kappa shape index (κ3) is 3.00. The van der Waals surface area contributed by atoms with Gasteiger partial charge in [-0.2, -0.15) is 0 Å². The summed E-state index contributed by atoms with van der Waals surface area (Å²) in [6.45, 7) is 4.71. The minimum atomic E-state index is -0.170. The lowest BCUT2D eigenvalue weighted by molar-refractivity contribution is 0.0949. The number of nitrogens with zero attached hydrogens (tertiary/aromatic N) is 1. The molecule has 0 aromatic carbocycles. The van der Waals surface area contributed by atoms with E-state index in [4.69, 9.17) is 11.6 Å². The van der Waals surface area contributed by atoms with Crippen LogP contribution < -0.4 is 5.32 Å². The first-order chi connectivity index (χ1) is 6.61. The molecule has 0 aliphatic heterocycles. The quantitative estimate of drug-likeness (QED) is 0.834. The first-order valence-electron chi connectivity index (χ1n) is 4.49. The number of aromatic nitrogens is 1. The standard InChI is InChI=1S/C10H13ClN2O/c1-7(2)5-13-10(14)8-6-12-4-3-9(8)11/h3-4,6-7H,5H2,1-2H3,(H,13,14). The summed E-state index contributed by atoms with van der Waals surface area (Å²) in [5.74, 6) is 0.256. The van der Waals surface area contributed by atoms with Gasteiger partial charge >= 0.3 is 0 Å². The van der Waals surface area contributed by atoms with Crippen molar-refractivity contribution in [1.82, 2.24) is 10.3 Å². The molecule has 1 heterocycles. The number of amides is 1. The normalized spacial score (nSPS) is 10.3. The fraction of sp³-hybridized carbons (Fsp3) is 0.400. The number of hydrogen-bond acceptors (Lipinski definition) is 2. The van der Waals surface area contributed by atoms with E-state index >= 15 is 0 Å². The maximum atomic E-state index is 11.5. The topological polar surface area (TPSA) is 42.0 Å². The molecule has 0 bridgehead atoms. The smallest absolute Gasteiger partial charge is 0.254 e. The summed E-state index contributed by atoms with van der Waals surface area (Å²) in [4.78, 5) is 15.4. The Kier molecular flexibility index (Phi) is 3.89. The van der Waals surface area contributed by atoms with Crippen molar-refractivity contribution in [2.45, 2.75) is 13.8 Å². The number of rotatable bonds is 3. The maximum absolute atomic E-state index is 11.5. The van der Waals surface area contributed by atoms with Crippen molar-refractivity contribution in [3.8, 4) is 0 Å². The highest BCUT2D eigenvalue weighted by molar-refractivity contribution is 6.33. The van der Waals surface area contributed by atoms with Crippen LogP contribution in [-0.2, 0) is 0 Å². The molecule has 3 nitrogen and oxygen atoms in total. The summed E-state index contributed by atoms with van der Waals surface area (Å²) in [6, 6.07) is 1.60. The van der Waals surface area contributed by atoms with Gasteiger partial charge in [0.2, 0.25) is 0 Å². The molecule has 0 saturated carbocycles. The monoisotopic (exact) mass is 212 g/mol. The van der Waals surface area contributed by atoms with E-state index in [2.05, 4.69) is 10.3 Å². The van der Waals surface area contributed by atoms with E-state index in [1.54, 1.807) is 12.3 Å². The third-order valence-electron chi connectivity index (χ3n) is 1.68. The number of nitrogens with one attached hydrogen (secondary N) is 1. The van der Waals surface area contributed by atoms with Gasteiger partial charge in [-0.3, -0.25) is 9.78 Å². The molecule has 1 aromatic rings. The molecule has 1 N–H and O–H groups in total. The van der Waals surface area contributed by atoms with Crippen molar-refractivity contribution >= 4 is 17.5 Å². The predicted octanol–water partition coefficient (Wildman–Crippen LogP) is 2.12. The average Bonchev–Trinajstić information content (AvgIpc) is 2.15. The zero-order valence-corrected chi connectivity index (χ0v) is 9.01. The van der Waals surface area contributed by atoms with E-state index in [9.17, 15) is 4.79 Å². The van der Waals surface area contributed by atoms with Crippen LogP contribution in [-0.4, -0.2) is 17.4 Å². The second-order valence-corrected chi connectivity index (χ2v) is 3.87. The largest absolute Gasteiger partial charge is 0.352 e. The zero-order valence-electron chi connectivity index (χ0n) is 8.25. The highest BCUT2D eigenvalue weighted by Crippen LogP contribution is 2.12. The average molecular weight is 213 g/mol. The molecule has 0 saturated heterocycles. The Hall–Kier alpha value is -1.09. The lowest BCUT2D eigenvalue weighted by atomic mass is 10.2. The van der Waals surface area contributed by atoms with E-state index in [1.165, 1.54) is 6.20 Å². The van der Waals surface area contributed by atoms with Gasteiger partial charge in [0, 0.05) is 18.9 Å². The summed E-state index contributed by atoms with van der Waals surface area (Å²) in [7, 11) is 0. The molecule has 0 aliphatic carbocycles. The molecular weight excluding hydrogens is 200 g/mol. The van der Waals surface area contributed by atoms with Crippen molar-refractivity contribution in [1.29, 1.82) is 0 Å². The van der Waals surface area contributed by atoms with Crippen LogP contribution in [0.1, 0.15) is 24.2 Å². The minimum absolute atomic E-state index is 0.170. The molecule has 0 aliphatic rings. The zero-order chi connectivity index (χ0) is 10.6. The van der Waals surface area contributed by atoms with Crippen LogP contribution in [0.3, 0.4) is 0 Å². The Bertz CT molecular complexity index is 326. The van der Waals surface area contributed by atoms with Crippen molar-refractivity contribution in [3.63, 3.8) is 0 Å². The third-order valence-corrected chi connectivity index (χ3v) is 2.01. The van der Waals surface area contributed by atoms with Gasteiger partial charge in [0.15, 0.2) is 0 Å². The summed E-state index contributed by atoms with van der Waals surface area (Å²) in [5, 5.41) is 3.21. The van der Waals surface area contributed by atoms with Gasteiger partial charge in [-0.05, 0) is 12.0 Å². The molecular formula is C10H13ClN2O. The van der Waals surface area contributed by atoms with Crippen molar-refractivity contribution < 1.29 is 4.79 Å².